The van der Waals surface area contributed by atoms with Gasteiger partial charge in [0.15, 0.2) is 6.35 Å². The monoisotopic (exact) mass is 567 g/mol. The number of carbonyl (C=O) groups is 1. The van der Waals surface area contributed by atoms with E-state index in [9.17, 15) is 28.5 Å². The second kappa shape index (κ2) is 13.5. The number of piperidine rings is 1. The van der Waals surface area contributed by atoms with Crippen molar-refractivity contribution in [3.63, 3.8) is 0 Å². The van der Waals surface area contributed by atoms with Gasteiger partial charge in [0, 0.05) is 49.9 Å². The summed E-state index contributed by atoms with van der Waals surface area (Å²) in [5.41, 5.74) is 3.34. The van der Waals surface area contributed by atoms with Crippen molar-refractivity contribution in [1.82, 2.24) is 14.9 Å². The molecular weight excluding hydrogens is 530 g/mol. The molecule has 2 atom stereocenters. The molecule has 2 aromatic rings. The van der Waals surface area contributed by atoms with E-state index < -0.39 is 16.4 Å². The Morgan fingerprint density at radius 2 is 1.82 bits per heavy atom. The van der Waals surface area contributed by atoms with Crippen LogP contribution in [0, 0.1) is 6.92 Å². The zero-order valence-corrected chi connectivity index (χ0v) is 23.4. The first-order chi connectivity index (χ1) is 17.9. The predicted molar refractivity (Wildman–Crippen MR) is 150 cm³/mol. The van der Waals surface area contributed by atoms with Crippen LogP contribution in [0.5, 0.6) is 5.75 Å². The van der Waals surface area contributed by atoms with Gasteiger partial charge in [0.2, 0.25) is 10.0 Å². The minimum atomic E-state index is -3.33. The summed E-state index contributed by atoms with van der Waals surface area (Å²) in [6.45, 7) is 6.77. The lowest BCUT2D eigenvalue weighted by atomic mass is 10.0. The number of aliphatic hydroxyl groups is 2. The van der Waals surface area contributed by atoms with E-state index in [1.54, 1.807) is 23.4 Å². The van der Waals surface area contributed by atoms with Crippen LogP contribution >= 0.6 is 11.9 Å². The zero-order chi connectivity index (χ0) is 27.9. The molecule has 0 bridgehead atoms. The van der Waals surface area contributed by atoms with Crippen molar-refractivity contribution in [2.45, 2.75) is 51.7 Å². The molecule has 1 amide bonds. The number of nitrogens with one attached hydrogen (secondary N) is 3. The van der Waals surface area contributed by atoms with E-state index in [4.69, 9.17) is 0 Å². The van der Waals surface area contributed by atoms with Gasteiger partial charge in [0.25, 0.3) is 5.24 Å². The highest BCUT2D eigenvalue weighted by atomic mass is 32.2. The van der Waals surface area contributed by atoms with Crippen LogP contribution in [0.1, 0.15) is 30.9 Å². The summed E-state index contributed by atoms with van der Waals surface area (Å²) in [7, 11) is -3.33. The number of aromatic hydroxyl groups is 1. The van der Waals surface area contributed by atoms with Gasteiger partial charge in [-0.2, -0.15) is 4.31 Å². The fourth-order valence-corrected chi connectivity index (χ4v) is 5.38. The number of aliphatic hydroxyl groups excluding tert-OH is 2. The first-order valence-corrected chi connectivity index (χ1v) is 15.0. The Bertz CT molecular complexity index is 1170. The smallest absolute Gasteiger partial charge is 0.297 e. The third-order valence-corrected chi connectivity index (χ3v) is 7.44. The predicted octanol–water partition coefficient (Wildman–Crippen LogP) is 2.15. The largest absolute Gasteiger partial charge is 0.506 e. The van der Waals surface area contributed by atoms with E-state index in [1.165, 1.54) is 11.8 Å². The molecule has 6 N–H and O–H groups in total. The quantitative estimate of drug-likeness (QED) is 0.207. The average molecular weight is 568 g/mol. The molecule has 13 heteroatoms. The molecule has 11 nitrogen and oxygen atoms in total. The van der Waals surface area contributed by atoms with Gasteiger partial charge in [-0.1, -0.05) is 18.2 Å². The number of benzene rings is 2. The van der Waals surface area contributed by atoms with E-state index in [1.807, 2.05) is 19.1 Å². The van der Waals surface area contributed by atoms with Crippen molar-refractivity contribution in [3.8, 4) is 5.75 Å². The molecule has 0 aromatic heterocycles. The lowest BCUT2D eigenvalue weighted by Gasteiger charge is -2.34. The molecule has 2 aliphatic rings. The Balaban J connectivity index is 0.000000260. The van der Waals surface area contributed by atoms with Crippen LogP contribution in [0.15, 0.2) is 42.5 Å². The number of nitrogens with zero attached hydrogens (tertiary/aromatic N) is 2. The summed E-state index contributed by atoms with van der Waals surface area (Å²) in [6.07, 6.45) is 1.95. The molecule has 2 saturated heterocycles. The molecule has 2 aliphatic heterocycles. The Morgan fingerprint density at radius 1 is 1.16 bits per heavy atom. The van der Waals surface area contributed by atoms with Crippen LogP contribution in [-0.2, 0) is 16.6 Å². The summed E-state index contributed by atoms with van der Waals surface area (Å²) < 4.78 is 25.5. The molecule has 0 radical (unpaired) electrons. The highest BCUT2D eigenvalue weighted by Crippen LogP contribution is 2.26. The van der Waals surface area contributed by atoms with Crippen molar-refractivity contribution < 1.29 is 28.5 Å². The van der Waals surface area contributed by atoms with Crippen LogP contribution in [0.4, 0.5) is 16.2 Å². The van der Waals surface area contributed by atoms with Gasteiger partial charge in [-0.25, -0.2) is 8.42 Å². The molecule has 2 fully saturated rings. The second-order valence-electron chi connectivity index (χ2n) is 9.55. The van der Waals surface area contributed by atoms with Gasteiger partial charge in [-0.15, -0.1) is 0 Å². The van der Waals surface area contributed by atoms with Gasteiger partial charge in [0.05, 0.1) is 18.0 Å². The molecular formula is C25H37N5O6S2. The van der Waals surface area contributed by atoms with E-state index in [-0.39, 0.29) is 22.8 Å². The van der Waals surface area contributed by atoms with Crippen LogP contribution in [0.3, 0.4) is 0 Å². The Labute approximate surface area is 228 Å². The topological polar surface area (TPSA) is 154 Å². The summed E-state index contributed by atoms with van der Waals surface area (Å²) in [4.78, 5) is 13.6. The number of amides is 1. The number of carbonyl (C=O) groups excluding carboxylic acids is 1. The number of sulfonamides is 1. The maximum atomic E-state index is 11.2. The Kier molecular flexibility index (Phi) is 10.7. The molecule has 2 aromatic carbocycles. The minimum Gasteiger partial charge on any atom is -0.506 e. The second-order valence-corrected chi connectivity index (χ2v) is 12.3. The highest BCUT2D eigenvalue weighted by molar-refractivity contribution is 8.11. The number of anilines is 2. The zero-order valence-electron chi connectivity index (χ0n) is 21.8. The lowest BCUT2D eigenvalue weighted by molar-refractivity contribution is 0.0579. The van der Waals surface area contributed by atoms with Crippen molar-refractivity contribution >= 4 is 38.6 Å². The molecule has 4 rings (SSSR count). The fraction of sp³-hybridized carbons (Fsp3) is 0.480. The average Bonchev–Trinajstić information content (AvgIpc) is 3.16. The van der Waals surface area contributed by atoms with Crippen molar-refractivity contribution in [3.05, 3.63) is 53.6 Å². The normalized spacial score (nSPS) is 19.4. The van der Waals surface area contributed by atoms with Crippen LogP contribution in [0.2, 0.25) is 0 Å². The van der Waals surface area contributed by atoms with E-state index in [2.05, 4.69) is 32.4 Å². The van der Waals surface area contributed by atoms with Crippen LogP contribution < -0.4 is 20.3 Å². The van der Waals surface area contributed by atoms with Gasteiger partial charge < -0.3 is 30.9 Å². The molecule has 2 heterocycles. The molecule has 210 valence electrons. The number of phenolic OH excluding ortho intramolecular Hbond substituents is 1. The van der Waals surface area contributed by atoms with Crippen LogP contribution in [-0.4, -0.2) is 77.7 Å². The van der Waals surface area contributed by atoms with E-state index in [0.29, 0.717) is 19.1 Å². The molecule has 0 aliphatic carbocycles. The Hall–Kier alpha value is -2.55. The molecule has 0 saturated carbocycles. The first-order valence-electron chi connectivity index (χ1n) is 12.4. The van der Waals surface area contributed by atoms with Crippen LogP contribution in [0.25, 0.3) is 0 Å². The lowest BCUT2D eigenvalue weighted by Crippen LogP contribution is -2.44. The SMILES string of the molecule is CC(O)CNC1CCN(c2ccc(CN3SC(=O)NC3O)cc2)CC1.Cc1ccc(O)c(NS(C)(=O)=O)c1. The summed E-state index contributed by atoms with van der Waals surface area (Å²) in [6, 6.07) is 13.5. The molecule has 2 unspecified atom stereocenters. The van der Waals surface area contributed by atoms with Gasteiger partial charge in [-0.05, 0) is 62.1 Å². The van der Waals surface area contributed by atoms with E-state index in [0.717, 1.165) is 55.3 Å². The van der Waals surface area contributed by atoms with Crippen molar-refractivity contribution in [2.75, 3.05) is 35.5 Å². The summed E-state index contributed by atoms with van der Waals surface area (Å²) in [5.74, 6) is -0.0731. The highest BCUT2D eigenvalue weighted by Gasteiger charge is 2.29. The molecule has 0 spiro atoms. The first kappa shape index (κ1) is 30.0. The standard InChI is InChI=1S/C17H26N4O3S.C8H11NO3S/c1-12(22)10-18-14-6-8-20(9-7-14)15-4-2-13(3-5-15)11-21-16(23)19-17(24)25-21;1-6-3-4-8(10)7(5-6)9-13(2,11)12/h2-5,12,14,16,18,22-23H,6-11H2,1H3,(H,19,24);3-5,9-10H,1-2H3. The molecule has 38 heavy (non-hydrogen) atoms. The third-order valence-electron chi connectivity index (χ3n) is 6.00. The van der Waals surface area contributed by atoms with Gasteiger partial charge in [-0.3, -0.25) is 9.52 Å². The number of hydrogen-bond donors (Lipinski definition) is 6. The van der Waals surface area contributed by atoms with Crippen molar-refractivity contribution in [2.24, 2.45) is 0 Å². The number of rotatable bonds is 8. The summed E-state index contributed by atoms with van der Waals surface area (Å²) >= 11 is 1.01. The maximum absolute atomic E-state index is 11.2. The third kappa shape index (κ3) is 9.64. The number of phenols is 1. The maximum Gasteiger partial charge on any atom is 0.297 e. The Morgan fingerprint density at radius 3 is 2.37 bits per heavy atom. The van der Waals surface area contributed by atoms with Gasteiger partial charge >= 0.3 is 0 Å². The number of hydrogen-bond acceptors (Lipinski definition) is 10. The van der Waals surface area contributed by atoms with Crippen molar-refractivity contribution in [1.29, 1.82) is 0 Å². The summed E-state index contributed by atoms with van der Waals surface area (Å²) in [5, 5.41) is 34.0. The number of aryl methyl sites for hydroxylation is 1. The van der Waals surface area contributed by atoms with E-state index >= 15 is 0 Å². The van der Waals surface area contributed by atoms with Gasteiger partial charge in [0.1, 0.15) is 5.75 Å². The fourth-order valence-electron chi connectivity index (χ4n) is 4.08. The minimum absolute atomic E-state index is 0.0731.